The van der Waals surface area contributed by atoms with Crippen molar-refractivity contribution in [1.29, 1.82) is 0 Å². The van der Waals surface area contributed by atoms with Gasteiger partial charge in [0.25, 0.3) is 0 Å². The molecular formula is C13H19N3O4. The van der Waals surface area contributed by atoms with Gasteiger partial charge in [0.05, 0.1) is 18.1 Å². The monoisotopic (exact) mass is 281 g/mol. The summed E-state index contributed by atoms with van der Waals surface area (Å²) in [7, 11) is 0. The average molecular weight is 281 g/mol. The number of alkyl carbamates (subject to hydrolysis) is 1. The Morgan fingerprint density at radius 2 is 2.10 bits per heavy atom. The van der Waals surface area contributed by atoms with Crippen molar-refractivity contribution in [2.75, 3.05) is 6.54 Å². The first kappa shape index (κ1) is 15.9. The van der Waals surface area contributed by atoms with Crippen LogP contribution < -0.4 is 5.32 Å². The van der Waals surface area contributed by atoms with Gasteiger partial charge in [-0.3, -0.25) is 4.98 Å². The molecule has 2 N–H and O–H groups in total. The van der Waals surface area contributed by atoms with Gasteiger partial charge in [0.1, 0.15) is 6.61 Å². The number of nitrogens with one attached hydrogen (secondary N) is 1. The third-order valence-electron chi connectivity index (χ3n) is 2.50. The van der Waals surface area contributed by atoms with E-state index >= 15 is 0 Å². The fraction of sp³-hybridized carbons (Fsp3) is 0.538. The first-order chi connectivity index (χ1) is 9.49. The van der Waals surface area contributed by atoms with Gasteiger partial charge in [0.2, 0.25) is 0 Å². The molecule has 0 aliphatic rings. The summed E-state index contributed by atoms with van der Waals surface area (Å²) in [5.74, 6) is -0.538. The van der Waals surface area contributed by atoms with E-state index in [-0.39, 0.29) is 12.3 Å². The Labute approximate surface area is 117 Å². The van der Waals surface area contributed by atoms with E-state index in [1.54, 1.807) is 0 Å². The Hall–Kier alpha value is -2.18. The fourth-order valence-electron chi connectivity index (χ4n) is 1.43. The molecule has 1 rings (SSSR count). The Bertz CT molecular complexity index is 445. The Kier molecular flexibility index (Phi) is 6.42. The maximum Gasteiger partial charge on any atom is 0.407 e. The second-order valence-corrected chi connectivity index (χ2v) is 4.74. The lowest BCUT2D eigenvalue weighted by Crippen LogP contribution is -2.25. The minimum absolute atomic E-state index is 0.0388. The lowest BCUT2D eigenvalue weighted by molar-refractivity contribution is 0.0689. The van der Waals surface area contributed by atoms with E-state index in [0.717, 1.165) is 19.0 Å². The zero-order chi connectivity index (χ0) is 15.0. The molecule has 0 spiro atoms. The van der Waals surface area contributed by atoms with Gasteiger partial charge in [-0.05, 0) is 18.8 Å². The lowest BCUT2D eigenvalue weighted by atomic mass is 10.1. The number of aromatic carboxylic acids is 1. The minimum atomic E-state index is -1.15. The van der Waals surface area contributed by atoms with Gasteiger partial charge in [-0.2, -0.15) is 0 Å². The first-order valence-electron chi connectivity index (χ1n) is 6.44. The average Bonchev–Trinajstić information content (AvgIpc) is 2.41. The van der Waals surface area contributed by atoms with Gasteiger partial charge < -0.3 is 15.2 Å². The number of carbonyl (C=O) groups excluding carboxylic acids is 1. The van der Waals surface area contributed by atoms with Gasteiger partial charge in [-0.25, -0.2) is 14.6 Å². The molecular weight excluding hydrogens is 262 g/mol. The van der Waals surface area contributed by atoms with Crippen LogP contribution in [-0.2, 0) is 11.3 Å². The molecule has 0 saturated carbocycles. The molecule has 0 atom stereocenters. The molecule has 0 aliphatic carbocycles. The van der Waals surface area contributed by atoms with Crippen molar-refractivity contribution in [1.82, 2.24) is 15.3 Å². The number of nitrogens with zero attached hydrogens (tertiary/aromatic N) is 2. The van der Waals surface area contributed by atoms with Gasteiger partial charge in [0, 0.05) is 6.54 Å². The summed E-state index contributed by atoms with van der Waals surface area (Å²) in [6.45, 7) is 4.78. The number of rotatable bonds is 7. The zero-order valence-electron chi connectivity index (χ0n) is 11.6. The normalized spacial score (nSPS) is 10.3. The third-order valence-corrected chi connectivity index (χ3v) is 2.50. The molecule has 1 heterocycles. The molecule has 0 saturated heterocycles. The van der Waals surface area contributed by atoms with Gasteiger partial charge in [0.15, 0.2) is 5.69 Å². The largest absolute Gasteiger partial charge is 0.476 e. The number of amides is 1. The quantitative estimate of drug-likeness (QED) is 0.739. The summed E-state index contributed by atoms with van der Waals surface area (Å²) >= 11 is 0. The minimum Gasteiger partial charge on any atom is -0.476 e. The standard InChI is InChI=1S/C13H19N3O4/c1-9(2)4-3-5-14-13(19)20-8-10-6-16-11(7-15-10)12(17)18/h6-7,9H,3-5,8H2,1-2H3,(H,14,19)(H,17,18). The van der Waals surface area contributed by atoms with Crippen LogP contribution in [0.2, 0.25) is 0 Å². The van der Waals surface area contributed by atoms with Crippen molar-refractivity contribution < 1.29 is 19.4 Å². The summed E-state index contributed by atoms with van der Waals surface area (Å²) < 4.78 is 4.94. The van der Waals surface area contributed by atoms with Crippen molar-refractivity contribution in [2.45, 2.75) is 33.3 Å². The van der Waals surface area contributed by atoms with Crippen LogP contribution in [0.1, 0.15) is 42.9 Å². The molecule has 1 aromatic rings. The highest BCUT2D eigenvalue weighted by atomic mass is 16.5. The van der Waals surface area contributed by atoms with Crippen LogP contribution in [0.3, 0.4) is 0 Å². The van der Waals surface area contributed by atoms with Crippen LogP contribution in [0.5, 0.6) is 0 Å². The number of aromatic nitrogens is 2. The molecule has 0 unspecified atom stereocenters. The number of hydrogen-bond acceptors (Lipinski definition) is 5. The van der Waals surface area contributed by atoms with Gasteiger partial charge >= 0.3 is 12.1 Å². The van der Waals surface area contributed by atoms with Crippen molar-refractivity contribution in [3.8, 4) is 0 Å². The van der Waals surface area contributed by atoms with Crippen molar-refractivity contribution >= 4 is 12.1 Å². The Balaban J connectivity index is 2.25. The van der Waals surface area contributed by atoms with Crippen molar-refractivity contribution in [2.24, 2.45) is 5.92 Å². The highest BCUT2D eigenvalue weighted by molar-refractivity contribution is 5.84. The predicted octanol–water partition coefficient (Wildman–Crippen LogP) is 1.84. The highest BCUT2D eigenvalue weighted by Crippen LogP contribution is 2.02. The molecule has 1 aromatic heterocycles. The maximum absolute atomic E-state index is 11.4. The van der Waals surface area contributed by atoms with E-state index in [4.69, 9.17) is 9.84 Å². The second kappa shape index (κ2) is 8.08. The molecule has 7 heteroatoms. The number of carboxylic acid groups (broad SMARTS) is 1. The van der Waals surface area contributed by atoms with E-state index in [9.17, 15) is 9.59 Å². The third kappa shape index (κ3) is 6.12. The first-order valence-corrected chi connectivity index (χ1v) is 6.44. The number of carboxylic acids is 1. The SMILES string of the molecule is CC(C)CCCNC(=O)OCc1cnc(C(=O)O)cn1. The number of hydrogen-bond donors (Lipinski definition) is 2. The Morgan fingerprint density at radius 3 is 2.65 bits per heavy atom. The topological polar surface area (TPSA) is 101 Å². The zero-order valence-corrected chi connectivity index (χ0v) is 11.6. The van der Waals surface area contributed by atoms with E-state index in [1.165, 1.54) is 6.20 Å². The lowest BCUT2D eigenvalue weighted by Gasteiger charge is -2.07. The molecule has 0 bridgehead atoms. The molecule has 110 valence electrons. The van der Waals surface area contributed by atoms with E-state index in [0.29, 0.717) is 18.2 Å². The van der Waals surface area contributed by atoms with Crippen LogP contribution in [0, 0.1) is 5.92 Å². The van der Waals surface area contributed by atoms with Crippen LogP contribution >= 0.6 is 0 Å². The Morgan fingerprint density at radius 1 is 1.35 bits per heavy atom. The highest BCUT2D eigenvalue weighted by Gasteiger charge is 2.07. The summed E-state index contributed by atoms with van der Waals surface area (Å²) in [6.07, 6.45) is 3.83. The number of ether oxygens (including phenoxy) is 1. The molecule has 0 fully saturated rings. The summed E-state index contributed by atoms with van der Waals surface area (Å²) in [5.41, 5.74) is 0.249. The predicted molar refractivity (Wildman–Crippen MR) is 71.3 cm³/mol. The summed E-state index contributed by atoms with van der Waals surface area (Å²) in [4.78, 5) is 29.5. The number of carbonyl (C=O) groups is 2. The molecule has 0 aromatic carbocycles. The maximum atomic E-state index is 11.4. The molecule has 20 heavy (non-hydrogen) atoms. The fourth-order valence-corrected chi connectivity index (χ4v) is 1.43. The van der Waals surface area contributed by atoms with Crippen molar-refractivity contribution in [3.63, 3.8) is 0 Å². The van der Waals surface area contributed by atoms with E-state index in [1.807, 2.05) is 0 Å². The van der Waals surface area contributed by atoms with E-state index < -0.39 is 12.1 Å². The molecule has 0 radical (unpaired) electrons. The molecule has 7 nitrogen and oxygen atoms in total. The smallest absolute Gasteiger partial charge is 0.407 e. The van der Waals surface area contributed by atoms with Gasteiger partial charge in [-0.15, -0.1) is 0 Å². The van der Waals surface area contributed by atoms with Crippen LogP contribution in [0.15, 0.2) is 12.4 Å². The summed E-state index contributed by atoms with van der Waals surface area (Å²) in [6, 6.07) is 0. The van der Waals surface area contributed by atoms with Crippen LogP contribution in [-0.4, -0.2) is 33.7 Å². The van der Waals surface area contributed by atoms with Gasteiger partial charge in [-0.1, -0.05) is 13.8 Å². The second-order valence-electron chi connectivity index (χ2n) is 4.74. The van der Waals surface area contributed by atoms with Crippen LogP contribution in [0.4, 0.5) is 4.79 Å². The summed E-state index contributed by atoms with van der Waals surface area (Å²) in [5, 5.41) is 11.3. The van der Waals surface area contributed by atoms with Crippen molar-refractivity contribution in [3.05, 3.63) is 23.8 Å². The molecule has 1 amide bonds. The molecule has 0 aliphatic heterocycles. The van der Waals surface area contributed by atoms with Crippen LogP contribution in [0.25, 0.3) is 0 Å². The van der Waals surface area contributed by atoms with E-state index in [2.05, 4.69) is 29.1 Å².